The third-order valence-corrected chi connectivity index (χ3v) is 4.80. The van der Waals surface area contributed by atoms with Gasteiger partial charge in [-0.1, -0.05) is 30.7 Å². The molecule has 3 aromatic rings. The van der Waals surface area contributed by atoms with Gasteiger partial charge in [-0.05, 0) is 79.1 Å². The number of nitrogens with zero attached hydrogens (tertiary/aromatic N) is 1. The molecule has 0 aliphatic rings. The molecule has 0 fully saturated rings. The number of hydrazone groups is 1. The first-order valence-electron chi connectivity index (χ1n) is 10.8. The smallest absolute Gasteiger partial charge is 0.271 e. The first-order valence-corrected chi connectivity index (χ1v) is 11.2. The van der Waals surface area contributed by atoms with Gasteiger partial charge in [0.15, 0.2) is 11.5 Å². The van der Waals surface area contributed by atoms with E-state index in [0.717, 1.165) is 23.3 Å². The highest BCUT2D eigenvalue weighted by molar-refractivity contribution is 6.30. The molecule has 0 saturated heterocycles. The number of halogens is 1. The van der Waals surface area contributed by atoms with Gasteiger partial charge >= 0.3 is 0 Å². The van der Waals surface area contributed by atoms with Gasteiger partial charge in [-0.2, -0.15) is 5.10 Å². The van der Waals surface area contributed by atoms with E-state index in [9.17, 15) is 4.79 Å². The molecular formula is C26H27ClN2O4. The molecule has 0 aliphatic heterocycles. The number of hydrogen-bond donors (Lipinski definition) is 1. The summed E-state index contributed by atoms with van der Waals surface area (Å²) in [4.78, 5) is 12.3. The largest absolute Gasteiger partial charge is 0.494 e. The van der Waals surface area contributed by atoms with Crippen LogP contribution < -0.4 is 19.6 Å². The molecule has 1 N–H and O–H groups in total. The molecular weight excluding hydrogens is 440 g/mol. The van der Waals surface area contributed by atoms with E-state index in [-0.39, 0.29) is 5.91 Å². The Balaban J connectivity index is 1.59. The van der Waals surface area contributed by atoms with Gasteiger partial charge < -0.3 is 14.2 Å². The average molecular weight is 467 g/mol. The molecule has 7 heteroatoms. The van der Waals surface area contributed by atoms with Crippen LogP contribution in [0, 0.1) is 0 Å². The van der Waals surface area contributed by atoms with Crippen molar-refractivity contribution in [2.45, 2.75) is 26.9 Å². The summed E-state index contributed by atoms with van der Waals surface area (Å²) in [6.07, 6.45) is 2.49. The van der Waals surface area contributed by atoms with Crippen LogP contribution in [0.2, 0.25) is 5.02 Å². The van der Waals surface area contributed by atoms with Crippen molar-refractivity contribution in [2.75, 3.05) is 13.2 Å². The van der Waals surface area contributed by atoms with E-state index in [1.165, 1.54) is 0 Å². The van der Waals surface area contributed by atoms with Crippen molar-refractivity contribution in [3.8, 4) is 17.2 Å². The SMILES string of the molecule is CCCOc1ccc(C(=O)N/N=C/c2ccc(OCc3ccc(Cl)cc3)c(OCC)c2)cc1. The lowest BCUT2D eigenvalue weighted by atomic mass is 10.2. The van der Waals surface area contributed by atoms with Crippen molar-refractivity contribution in [2.24, 2.45) is 5.10 Å². The second-order valence-electron chi connectivity index (χ2n) is 7.13. The van der Waals surface area contributed by atoms with Crippen LogP contribution >= 0.6 is 11.6 Å². The van der Waals surface area contributed by atoms with Gasteiger partial charge in [0, 0.05) is 10.6 Å². The van der Waals surface area contributed by atoms with Crippen LogP contribution in [0.5, 0.6) is 17.2 Å². The molecule has 0 atom stereocenters. The van der Waals surface area contributed by atoms with E-state index in [4.69, 9.17) is 25.8 Å². The molecule has 0 aliphatic carbocycles. The van der Waals surface area contributed by atoms with Crippen molar-refractivity contribution >= 4 is 23.7 Å². The zero-order chi connectivity index (χ0) is 23.5. The third-order valence-electron chi connectivity index (χ3n) is 4.54. The normalized spacial score (nSPS) is 10.8. The summed E-state index contributed by atoms with van der Waals surface area (Å²) in [5, 5.41) is 4.74. The maximum absolute atomic E-state index is 12.3. The summed E-state index contributed by atoms with van der Waals surface area (Å²) >= 11 is 5.93. The Hall–Kier alpha value is -3.51. The lowest BCUT2D eigenvalue weighted by Crippen LogP contribution is -2.17. The molecule has 3 aromatic carbocycles. The quantitative estimate of drug-likeness (QED) is 0.283. The van der Waals surface area contributed by atoms with E-state index in [1.807, 2.05) is 56.3 Å². The Bertz CT molecular complexity index is 1070. The summed E-state index contributed by atoms with van der Waals surface area (Å²) < 4.78 is 17.2. The molecule has 0 bridgehead atoms. The minimum atomic E-state index is -0.304. The molecule has 172 valence electrons. The fraction of sp³-hybridized carbons (Fsp3) is 0.231. The van der Waals surface area contributed by atoms with Crippen LogP contribution in [0.25, 0.3) is 0 Å². The molecule has 0 heterocycles. The van der Waals surface area contributed by atoms with Gasteiger partial charge in [0.2, 0.25) is 0 Å². The maximum Gasteiger partial charge on any atom is 0.271 e. The highest BCUT2D eigenvalue weighted by atomic mass is 35.5. The molecule has 0 saturated carbocycles. The van der Waals surface area contributed by atoms with Crippen molar-refractivity contribution in [1.29, 1.82) is 0 Å². The van der Waals surface area contributed by atoms with Gasteiger partial charge in [0.25, 0.3) is 5.91 Å². The number of nitrogens with one attached hydrogen (secondary N) is 1. The number of ether oxygens (including phenoxy) is 3. The van der Waals surface area contributed by atoms with E-state index < -0.39 is 0 Å². The number of amides is 1. The first-order chi connectivity index (χ1) is 16.1. The molecule has 3 rings (SSSR count). The Kier molecular flexibility index (Phi) is 9.15. The predicted octanol–water partition coefficient (Wildman–Crippen LogP) is 5.87. The lowest BCUT2D eigenvalue weighted by molar-refractivity contribution is 0.0955. The number of benzene rings is 3. The van der Waals surface area contributed by atoms with E-state index in [1.54, 1.807) is 30.5 Å². The van der Waals surface area contributed by atoms with Crippen LogP contribution in [0.3, 0.4) is 0 Å². The number of carbonyl (C=O) groups excluding carboxylic acids is 1. The van der Waals surface area contributed by atoms with Gasteiger partial charge in [-0.25, -0.2) is 5.43 Å². The van der Waals surface area contributed by atoms with Crippen LogP contribution in [0.15, 0.2) is 71.8 Å². The highest BCUT2D eigenvalue weighted by Crippen LogP contribution is 2.29. The predicted molar refractivity (Wildman–Crippen MR) is 131 cm³/mol. The van der Waals surface area contributed by atoms with E-state index >= 15 is 0 Å². The van der Waals surface area contributed by atoms with Gasteiger partial charge in [0.1, 0.15) is 12.4 Å². The van der Waals surface area contributed by atoms with Crippen molar-refractivity contribution in [3.63, 3.8) is 0 Å². The number of rotatable bonds is 11. The highest BCUT2D eigenvalue weighted by Gasteiger charge is 2.08. The zero-order valence-electron chi connectivity index (χ0n) is 18.7. The van der Waals surface area contributed by atoms with Crippen molar-refractivity contribution in [3.05, 3.63) is 88.4 Å². The van der Waals surface area contributed by atoms with E-state index in [2.05, 4.69) is 10.5 Å². The lowest BCUT2D eigenvalue weighted by Gasteiger charge is -2.12. The first kappa shape index (κ1) is 24.1. The standard InChI is InChI=1S/C26H27ClN2O4/c1-3-15-32-23-12-8-21(9-13-23)26(30)29-28-17-20-7-14-24(25(16-20)31-4-2)33-18-19-5-10-22(27)11-6-19/h5-14,16-17H,3-4,15,18H2,1-2H3,(H,29,30)/b28-17+. The summed E-state index contributed by atoms with van der Waals surface area (Å²) in [6, 6.07) is 19.9. The number of hydrogen-bond acceptors (Lipinski definition) is 5. The van der Waals surface area contributed by atoms with Crippen molar-refractivity contribution in [1.82, 2.24) is 5.43 Å². The molecule has 6 nitrogen and oxygen atoms in total. The monoisotopic (exact) mass is 466 g/mol. The molecule has 1 amide bonds. The number of carbonyl (C=O) groups is 1. The second-order valence-corrected chi connectivity index (χ2v) is 7.56. The molecule has 0 spiro atoms. The Morgan fingerprint density at radius 1 is 0.939 bits per heavy atom. The Labute approximate surface area is 199 Å². The average Bonchev–Trinajstić information content (AvgIpc) is 2.83. The maximum atomic E-state index is 12.3. The van der Waals surface area contributed by atoms with Crippen LogP contribution in [0.4, 0.5) is 0 Å². The summed E-state index contributed by atoms with van der Waals surface area (Å²) in [5.74, 6) is 1.66. The molecule has 0 radical (unpaired) electrons. The minimum Gasteiger partial charge on any atom is -0.494 e. The van der Waals surface area contributed by atoms with Crippen LogP contribution in [-0.4, -0.2) is 25.3 Å². The molecule has 0 aromatic heterocycles. The Morgan fingerprint density at radius 3 is 2.39 bits per heavy atom. The third kappa shape index (κ3) is 7.54. The summed E-state index contributed by atoms with van der Waals surface area (Å²) in [6.45, 7) is 5.47. The van der Waals surface area contributed by atoms with Crippen LogP contribution in [-0.2, 0) is 6.61 Å². The van der Waals surface area contributed by atoms with Gasteiger partial charge in [0.05, 0.1) is 19.4 Å². The van der Waals surface area contributed by atoms with Crippen molar-refractivity contribution < 1.29 is 19.0 Å². The minimum absolute atomic E-state index is 0.304. The fourth-order valence-electron chi connectivity index (χ4n) is 2.89. The molecule has 0 unspecified atom stereocenters. The molecule has 33 heavy (non-hydrogen) atoms. The van der Waals surface area contributed by atoms with Crippen LogP contribution in [0.1, 0.15) is 41.8 Å². The Morgan fingerprint density at radius 2 is 1.70 bits per heavy atom. The zero-order valence-corrected chi connectivity index (χ0v) is 19.5. The topological polar surface area (TPSA) is 69.2 Å². The van der Waals surface area contributed by atoms with Gasteiger partial charge in [-0.3, -0.25) is 4.79 Å². The van der Waals surface area contributed by atoms with E-state index in [0.29, 0.717) is 41.9 Å². The second kappa shape index (κ2) is 12.5. The summed E-state index contributed by atoms with van der Waals surface area (Å²) in [5.41, 5.74) is 4.80. The fourth-order valence-corrected chi connectivity index (χ4v) is 3.01. The van der Waals surface area contributed by atoms with Gasteiger partial charge in [-0.15, -0.1) is 0 Å². The summed E-state index contributed by atoms with van der Waals surface area (Å²) in [7, 11) is 0.